The van der Waals surface area contributed by atoms with Crippen LogP contribution in [0.2, 0.25) is 0 Å². The molecule has 2 atom stereocenters. The third-order valence-corrected chi connectivity index (χ3v) is 2.76. The van der Waals surface area contributed by atoms with Gasteiger partial charge in [0.25, 0.3) is 0 Å². The van der Waals surface area contributed by atoms with E-state index in [0.717, 1.165) is 5.56 Å². The van der Waals surface area contributed by atoms with Crippen molar-refractivity contribution in [3.8, 4) is 5.75 Å². The monoisotopic (exact) mass is 241 g/mol. The minimum atomic E-state index is -0.340. The molecule has 0 fully saturated rings. The maximum absolute atomic E-state index is 13.7. The standard InChI is InChI=1S/C13H20FNO2/c1-9(16-4)8-17-13-6-5-11(7-12(13)14)10(2)15-3/h5-7,9-10,15H,8H2,1-4H3. The van der Waals surface area contributed by atoms with Gasteiger partial charge in [0.2, 0.25) is 0 Å². The first kappa shape index (κ1) is 13.9. The maximum atomic E-state index is 13.7. The predicted octanol–water partition coefficient (Wildman–Crippen LogP) is 2.52. The van der Waals surface area contributed by atoms with Crippen LogP contribution >= 0.6 is 0 Å². The molecule has 1 aromatic rings. The molecule has 0 saturated heterocycles. The number of halogens is 1. The number of hydrogen-bond acceptors (Lipinski definition) is 3. The summed E-state index contributed by atoms with van der Waals surface area (Å²) in [5.74, 6) is -0.0751. The lowest BCUT2D eigenvalue weighted by atomic mass is 10.1. The highest BCUT2D eigenvalue weighted by Crippen LogP contribution is 2.22. The lowest BCUT2D eigenvalue weighted by Gasteiger charge is -2.14. The van der Waals surface area contributed by atoms with Crippen LogP contribution in [0.3, 0.4) is 0 Å². The van der Waals surface area contributed by atoms with Crippen LogP contribution in [0.25, 0.3) is 0 Å². The van der Waals surface area contributed by atoms with E-state index >= 15 is 0 Å². The second-order valence-electron chi connectivity index (χ2n) is 4.06. The molecule has 0 bridgehead atoms. The highest BCUT2D eigenvalue weighted by molar-refractivity contribution is 5.30. The minimum absolute atomic E-state index is 0.0506. The number of benzene rings is 1. The summed E-state index contributed by atoms with van der Waals surface area (Å²) in [7, 11) is 3.44. The van der Waals surface area contributed by atoms with Gasteiger partial charge in [-0.3, -0.25) is 0 Å². The lowest BCUT2D eigenvalue weighted by molar-refractivity contribution is 0.0701. The van der Waals surface area contributed by atoms with Crippen molar-refractivity contribution in [2.24, 2.45) is 0 Å². The van der Waals surface area contributed by atoms with Gasteiger partial charge >= 0.3 is 0 Å². The van der Waals surface area contributed by atoms with Crippen molar-refractivity contribution in [3.05, 3.63) is 29.6 Å². The van der Waals surface area contributed by atoms with Crippen molar-refractivity contribution >= 4 is 0 Å². The van der Waals surface area contributed by atoms with Crippen LogP contribution in [0, 0.1) is 5.82 Å². The van der Waals surface area contributed by atoms with E-state index in [1.807, 2.05) is 27.0 Å². The van der Waals surface area contributed by atoms with Crippen molar-refractivity contribution in [1.82, 2.24) is 5.32 Å². The zero-order valence-electron chi connectivity index (χ0n) is 10.8. The molecule has 0 spiro atoms. The Kier molecular flexibility index (Phi) is 5.38. The van der Waals surface area contributed by atoms with E-state index in [0.29, 0.717) is 6.61 Å². The van der Waals surface area contributed by atoms with Crippen LogP contribution in [0.15, 0.2) is 18.2 Å². The molecule has 0 saturated carbocycles. The van der Waals surface area contributed by atoms with Crippen molar-refractivity contribution in [2.45, 2.75) is 26.0 Å². The van der Waals surface area contributed by atoms with Gasteiger partial charge in [-0.25, -0.2) is 4.39 Å². The maximum Gasteiger partial charge on any atom is 0.165 e. The number of nitrogens with one attached hydrogen (secondary N) is 1. The second-order valence-corrected chi connectivity index (χ2v) is 4.06. The molecule has 1 rings (SSSR count). The highest BCUT2D eigenvalue weighted by Gasteiger charge is 2.09. The van der Waals surface area contributed by atoms with Crippen LogP contribution in [-0.2, 0) is 4.74 Å². The van der Waals surface area contributed by atoms with Crippen LogP contribution in [0.5, 0.6) is 5.75 Å². The molecule has 1 N–H and O–H groups in total. The number of rotatable bonds is 6. The lowest BCUT2D eigenvalue weighted by Crippen LogP contribution is -2.17. The first-order valence-electron chi connectivity index (χ1n) is 5.70. The van der Waals surface area contributed by atoms with Gasteiger partial charge in [-0.05, 0) is 38.6 Å². The minimum Gasteiger partial charge on any atom is -0.488 e. The molecule has 3 nitrogen and oxygen atoms in total. The van der Waals surface area contributed by atoms with Crippen molar-refractivity contribution in [2.75, 3.05) is 20.8 Å². The van der Waals surface area contributed by atoms with Crippen LogP contribution in [-0.4, -0.2) is 26.9 Å². The average molecular weight is 241 g/mol. The predicted molar refractivity (Wildman–Crippen MR) is 65.8 cm³/mol. The third kappa shape index (κ3) is 3.98. The molecule has 0 aliphatic heterocycles. The first-order valence-corrected chi connectivity index (χ1v) is 5.70. The van der Waals surface area contributed by atoms with Gasteiger partial charge in [-0.1, -0.05) is 6.07 Å². The normalized spacial score (nSPS) is 14.4. The molecule has 0 heterocycles. The molecule has 0 aliphatic rings. The van der Waals surface area contributed by atoms with E-state index < -0.39 is 0 Å². The molecule has 4 heteroatoms. The molecule has 96 valence electrons. The van der Waals surface area contributed by atoms with Gasteiger partial charge in [0.05, 0.1) is 6.10 Å². The van der Waals surface area contributed by atoms with Gasteiger partial charge in [0.15, 0.2) is 11.6 Å². The zero-order chi connectivity index (χ0) is 12.8. The fourth-order valence-electron chi connectivity index (χ4n) is 1.35. The largest absolute Gasteiger partial charge is 0.488 e. The number of methoxy groups -OCH3 is 1. The zero-order valence-corrected chi connectivity index (χ0v) is 10.8. The molecular formula is C13H20FNO2. The Morgan fingerprint density at radius 1 is 1.35 bits per heavy atom. The topological polar surface area (TPSA) is 30.5 Å². The third-order valence-electron chi connectivity index (χ3n) is 2.76. The molecule has 0 amide bonds. The van der Waals surface area contributed by atoms with Gasteiger partial charge in [0.1, 0.15) is 6.61 Å². The smallest absolute Gasteiger partial charge is 0.165 e. The van der Waals surface area contributed by atoms with Crippen LogP contribution in [0.4, 0.5) is 4.39 Å². The summed E-state index contributed by atoms with van der Waals surface area (Å²) in [4.78, 5) is 0. The SMILES string of the molecule is CNC(C)c1ccc(OCC(C)OC)c(F)c1. The van der Waals surface area contributed by atoms with Gasteiger partial charge in [-0.2, -0.15) is 0 Å². The molecule has 17 heavy (non-hydrogen) atoms. The summed E-state index contributed by atoms with van der Waals surface area (Å²) < 4.78 is 24.1. The van der Waals surface area contributed by atoms with Crippen LogP contribution in [0.1, 0.15) is 25.5 Å². The fourth-order valence-corrected chi connectivity index (χ4v) is 1.35. The highest BCUT2D eigenvalue weighted by atomic mass is 19.1. The van der Waals surface area contributed by atoms with Gasteiger partial charge in [-0.15, -0.1) is 0 Å². The van der Waals surface area contributed by atoms with Gasteiger partial charge in [0, 0.05) is 13.2 Å². The van der Waals surface area contributed by atoms with E-state index in [-0.39, 0.29) is 23.7 Å². The summed E-state index contributed by atoms with van der Waals surface area (Å²) in [6.45, 7) is 4.19. The molecule has 1 aromatic carbocycles. The Balaban J connectivity index is 2.69. The number of ether oxygens (including phenoxy) is 2. The summed E-state index contributed by atoms with van der Waals surface area (Å²) in [6, 6.07) is 5.13. The summed E-state index contributed by atoms with van der Waals surface area (Å²) in [5.41, 5.74) is 0.900. The summed E-state index contributed by atoms with van der Waals surface area (Å²) in [6.07, 6.45) is -0.0506. The average Bonchev–Trinajstić information content (AvgIpc) is 2.35. The molecule has 0 radical (unpaired) electrons. The second kappa shape index (κ2) is 6.57. The number of hydrogen-bond donors (Lipinski definition) is 1. The van der Waals surface area contributed by atoms with E-state index in [1.54, 1.807) is 13.2 Å². The quantitative estimate of drug-likeness (QED) is 0.830. The van der Waals surface area contributed by atoms with Crippen molar-refractivity contribution < 1.29 is 13.9 Å². The fraction of sp³-hybridized carbons (Fsp3) is 0.538. The Bertz CT molecular complexity index is 357. The van der Waals surface area contributed by atoms with Crippen molar-refractivity contribution in [3.63, 3.8) is 0 Å². The van der Waals surface area contributed by atoms with E-state index in [9.17, 15) is 4.39 Å². The molecule has 0 aromatic heterocycles. The Hall–Kier alpha value is -1.13. The Morgan fingerprint density at radius 3 is 2.59 bits per heavy atom. The Labute approximate surface area is 102 Å². The summed E-state index contributed by atoms with van der Waals surface area (Å²) >= 11 is 0. The van der Waals surface area contributed by atoms with Crippen molar-refractivity contribution in [1.29, 1.82) is 0 Å². The van der Waals surface area contributed by atoms with Gasteiger partial charge < -0.3 is 14.8 Å². The molecule has 2 unspecified atom stereocenters. The molecule has 0 aliphatic carbocycles. The van der Waals surface area contributed by atoms with E-state index in [2.05, 4.69) is 5.32 Å². The first-order chi connectivity index (χ1) is 8.08. The van der Waals surface area contributed by atoms with E-state index in [4.69, 9.17) is 9.47 Å². The summed E-state index contributed by atoms with van der Waals surface area (Å²) in [5, 5.41) is 3.06. The molecular weight excluding hydrogens is 221 g/mol. The van der Waals surface area contributed by atoms with E-state index in [1.165, 1.54) is 6.07 Å². The van der Waals surface area contributed by atoms with Crippen LogP contribution < -0.4 is 10.1 Å². The Morgan fingerprint density at radius 2 is 2.06 bits per heavy atom.